The number of piperazine rings is 1. The number of aryl methyl sites for hydroxylation is 1. The van der Waals surface area contributed by atoms with Gasteiger partial charge in [-0.25, -0.2) is 9.48 Å². The highest BCUT2D eigenvalue weighted by Crippen LogP contribution is 2.17. The molecule has 0 unspecified atom stereocenters. The molecule has 0 atom stereocenters. The molecule has 0 aliphatic carbocycles. The molecule has 1 aromatic heterocycles. The second-order valence-corrected chi connectivity index (χ2v) is 7.12. The van der Waals surface area contributed by atoms with E-state index in [1.54, 1.807) is 17.1 Å². The summed E-state index contributed by atoms with van der Waals surface area (Å²) in [5, 5.41) is 4.09. The summed E-state index contributed by atoms with van der Waals surface area (Å²) in [5.74, 6) is 0.155. The molecule has 0 spiro atoms. The lowest BCUT2D eigenvalue weighted by molar-refractivity contribution is -0.126. The lowest BCUT2D eigenvalue weighted by Crippen LogP contribution is -2.51. The summed E-state index contributed by atoms with van der Waals surface area (Å²) >= 11 is 3.45. The van der Waals surface area contributed by atoms with Crippen LogP contribution < -0.4 is 16.1 Å². The Morgan fingerprint density at radius 2 is 1.78 bits per heavy atom. The second kappa shape index (κ2) is 7.91. The van der Waals surface area contributed by atoms with Gasteiger partial charge in [0.25, 0.3) is 5.56 Å². The van der Waals surface area contributed by atoms with E-state index in [0.29, 0.717) is 26.2 Å². The first kappa shape index (κ1) is 19.1. The highest BCUT2D eigenvalue weighted by atomic mass is 79.9. The molecular weight excluding hydrogens is 414 g/mol. The minimum atomic E-state index is -0.463. The Balaban J connectivity index is 1.67. The van der Waals surface area contributed by atoms with E-state index >= 15 is 0 Å². The molecule has 1 saturated heterocycles. The van der Waals surface area contributed by atoms with E-state index in [1.165, 1.54) is 14.1 Å². The van der Waals surface area contributed by atoms with Gasteiger partial charge in [-0.3, -0.25) is 14.2 Å². The lowest BCUT2D eigenvalue weighted by atomic mass is 10.2. The van der Waals surface area contributed by atoms with Gasteiger partial charge in [-0.2, -0.15) is 0 Å². The molecule has 27 heavy (non-hydrogen) atoms. The Bertz CT molecular complexity index is 1000. The number of aromatic nitrogens is 3. The largest absolute Gasteiger partial charge is 0.347 e. The summed E-state index contributed by atoms with van der Waals surface area (Å²) < 4.78 is 3.12. The minimum absolute atomic E-state index is 0.0771. The molecule has 0 N–H and O–H groups in total. The van der Waals surface area contributed by atoms with E-state index < -0.39 is 11.2 Å². The smallest absolute Gasteiger partial charge is 0.346 e. The third-order valence-corrected chi connectivity index (χ3v) is 5.23. The summed E-state index contributed by atoms with van der Waals surface area (Å²) in [6, 6.07) is 7.67. The number of hydrogen-bond donors (Lipinski definition) is 0. The van der Waals surface area contributed by atoms with Gasteiger partial charge in [0, 0.05) is 50.8 Å². The Labute approximate surface area is 164 Å². The van der Waals surface area contributed by atoms with Gasteiger partial charge in [0.15, 0.2) is 0 Å². The second-order valence-electron chi connectivity index (χ2n) is 6.26. The molecular formula is C18H20BrN5O3. The Kier molecular flexibility index (Phi) is 5.59. The molecule has 0 saturated carbocycles. The van der Waals surface area contributed by atoms with Crippen molar-refractivity contribution in [3.8, 4) is 0 Å². The van der Waals surface area contributed by atoms with Crippen LogP contribution in [-0.4, -0.2) is 51.3 Å². The molecule has 2 aromatic rings. The van der Waals surface area contributed by atoms with Crippen molar-refractivity contribution < 1.29 is 4.79 Å². The zero-order valence-corrected chi connectivity index (χ0v) is 16.7. The maximum atomic E-state index is 12.4. The fourth-order valence-corrected chi connectivity index (χ4v) is 3.31. The number of rotatable bonds is 3. The molecule has 1 fully saturated rings. The van der Waals surface area contributed by atoms with Crippen LogP contribution in [0.25, 0.3) is 6.08 Å². The quantitative estimate of drug-likeness (QED) is 0.662. The fraction of sp³-hybridized carbons (Fsp3) is 0.333. The average Bonchev–Trinajstić information content (AvgIpc) is 2.68. The number of nitrogens with zero attached hydrogens (tertiary/aromatic N) is 5. The van der Waals surface area contributed by atoms with Crippen LogP contribution in [0.2, 0.25) is 0 Å². The molecule has 1 aromatic carbocycles. The van der Waals surface area contributed by atoms with Crippen LogP contribution in [-0.2, 0) is 18.9 Å². The topological polar surface area (TPSA) is 80.4 Å². The molecule has 0 radical (unpaired) electrons. The normalized spacial score (nSPS) is 14.8. The molecule has 1 aliphatic rings. The monoisotopic (exact) mass is 433 g/mol. The molecule has 1 aliphatic heterocycles. The number of carbonyl (C=O) groups is 1. The first-order valence-electron chi connectivity index (χ1n) is 8.49. The van der Waals surface area contributed by atoms with E-state index in [9.17, 15) is 14.4 Å². The van der Waals surface area contributed by atoms with Crippen molar-refractivity contribution in [1.82, 2.24) is 19.2 Å². The zero-order chi connectivity index (χ0) is 19.6. The average molecular weight is 434 g/mol. The van der Waals surface area contributed by atoms with Gasteiger partial charge < -0.3 is 9.80 Å². The van der Waals surface area contributed by atoms with E-state index in [4.69, 9.17) is 0 Å². The van der Waals surface area contributed by atoms with Gasteiger partial charge in [-0.1, -0.05) is 34.1 Å². The minimum Gasteiger partial charge on any atom is -0.347 e. The van der Waals surface area contributed by atoms with Gasteiger partial charge in [0.1, 0.15) is 0 Å². The first-order chi connectivity index (χ1) is 12.9. The van der Waals surface area contributed by atoms with Crippen LogP contribution in [0.1, 0.15) is 5.56 Å². The molecule has 2 heterocycles. The number of carbonyl (C=O) groups excluding carboxylic acids is 1. The molecule has 142 valence electrons. The number of hydrogen-bond acceptors (Lipinski definition) is 5. The van der Waals surface area contributed by atoms with E-state index in [2.05, 4.69) is 21.0 Å². The van der Waals surface area contributed by atoms with Crippen molar-refractivity contribution >= 4 is 33.7 Å². The zero-order valence-electron chi connectivity index (χ0n) is 15.1. The lowest BCUT2D eigenvalue weighted by Gasteiger charge is -2.34. The molecule has 8 nitrogen and oxygen atoms in total. The summed E-state index contributed by atoms with van der Waals surface area (Å²) in [7, 11) is 2.94. The van der Waals surface area contributed by atoms with Crippen LogP contribution >= 0.6 is 15.9 Å². The predicted molar refractivity (Wildman–Crippen MR) is 107 cm³/mol. The van der Waals surface area contributed by atoms with Crippen LogP contribution in [0.15, 0.2) is 44.4 Å². The van der Waals surface area contributed by atoms with Gasteiger partial charge in [0.05, 0.1) is 0 Å². The standard InChI is InChI=1S/C18H20BrN5O3/c1-21-17(26)16(20-22(2)18(21)27)24-11-9-23(10-12-24)15(25)8-7-13-5-3-4-6-14(13)19/h3-8H,9-12H2,1-2H3. The number of halogens is 1. The Hall–Kier alpha value is -2.68. The van der Waals surface area contributed by atoms with Crippen molar-refractivity contribution in [1.29, 1.82) is 0 Å². The Morgan fingerprint density at radius 1 is 1.11 bits per heavy atom. The fourth-order valence-electron chi connectivity index (χ4n) is 2.90. The number of benzene rings is 1. The highest BCUT2D eigenvalue weighted by Gasteiger charge is 2.23. The molecule has 1 amide bonds. The number of anilines is 1. The summed E-state index contributed by atoms with van der Waals surface area (Å²) in [4.78, 5) is 40.0. The predicted octanol–water partition coefficient (Wildman–Crippen LogP) is 0.603. The van der Waals surface area contributed by atoms with Crippen LogP contribution in [0.3, 0.4) is 0 Å². The van der Waals surface area contributed by atoms with Crippen LogP contribution in [0.4, 0.5) is 5.82 Å². The van der Waals surface area contributed by atoms with Gasteiger partial charge in [-0.05, 0) is 17.7 Å². The third kappa shape index (κ3) is 4.02. The third-order valence-electron chi connectivity index (χ3n) is 4.51. The van der Waals surface area contributed by atoms with E-state index in [1.807, 2.05) is 29.2 Å². The van der Waals surface area contributed by atoms with Crippen LogP contribution in [0, 0.1) is 0 Å². The summed E-state index contributed by atoms with van der Waals surface area (Å²) in [6.07, 6.45) is 3.34. The van der Waals surface area contributed by atoms with Gasteiger partial charge >= 0.3 is 5.69 Å². The summed E-state index contributed by atoms with van der Waals surface area (Å²) in [6.45, 7) is 1.92. The van der Waals surface area contributed by atoms with Crippen molar-refractivity contribution in [2.75, 3.05) is 31.1 Å². The number of amides is 1. The molecule has 9 heteroatoms. The molecule has 0 bridgehead atoms. The van der Waals surface area contributed by atoms with Crippen LogP contribution in [0.5, 0.6) is 0 Å². The maximum absolute atomic E-state index is 12.4. The van der Waals surface area contributed by atoms with Gasteiger partial charge in [-0.15, -0.1) is 5.10 Å². The van der Waals surface area contributed by atoms with E-state index in [-0.39, 0.29) is 11.7 Å². The SMILES string of the molecule is Cn1nc(N2CCN(C(=O)C=Cc3ccccc3Br)CC2)c(=O)n(C)c1=O. The van der Waals surface area contributed by atoms with Crippen molar-refractivity contribution in [2.24, 2.45) is 14.1 Å². The highest BCUT2D eigenvalue weighted by molar-refractivity contribution is 9.10. The van der Waals surface area contributed by atoms with E-state index in [0.717, 1.165) is 19.3 Å². The molecule has 3 rings (SSSR count). The first-order valence-corrected chi connectivity index (χ1v) is 9.28. The maximum Gasteiger partial charge on any atom is 0.346 e. The van der Waals surface area contributed by atoms with Crippen molar-refractivity contribution in [3.63, 3.8) is 0 Å². The Morgan fingerprint density at radius 3 is 2.44 bits per heavy atom. The van der Waals surface area contributed by atoms with Gasteiger partial charge in [0.2, 0.25) is 11.7 Å². The summed E-state index contributed by atoms with van der Waals surface area (Å²) in [5.41, 5.74) is 0.0452. The van der Waals surface area contributed by atoms with Crippen molar-refractivity contribution in [3.05, 3.63) is 61.2 Å². The van der Waals surface area contributed by atoms with Crippen molar-refractivity contribution in [2.45, 2.75) is 0 Å².